The molecule has 0 aliphatic carbocycles. The van der Waals surface area contributed by atoms with Crippen LogP contribution in [0.2, 0.25) is 0 Å². The van der Waals surface area contributed by atoms with E-state index in [1.807, 2.05) is 0 Å². The zero-order chi connectivity index (χ0) is 9.52. The van der Waals surface area contributed by atoms with E-state index >= 15 is 0 Å². The lowest BCUT2D eigenvalue weighted by atomic mass is 9.99. The summed E-state index contributed by atoms with van der Waals surface area (Å²) in [5.74, 6) is -3.04. The lowest BCUT2D eigenvalue weighted by molar-refractivity contribution is -0.452. The first-order valence-electron chi connectivity index (χ1n) is 3.51. The van der Waals surface area contributed by atoms with Crippen LogP contribution >= 0.6 is 0 Å². The zero-order valence-electron chi connectivity index (χ0n) is 6.41. The second-order valence-corrected chi connectivity index (χ2v) is 2.88. The summed E-state index contributed by atoms with van der Waals surface area (Å²) in [5.41, 5.74) is 0. The molecule has 0 unspecified atom stereocenters. The second-order valence-electron chi connectivity index (χ2n) is 2.88. The maximum absolute atomic E-state index is 10.8. The van der Waals surface area contributed by atoms with Gasteiger partial charge in [0.25, 0.3) is 0 Å². The lowest BCUT2D eigenvalue weighted by Gasteiger charge is -2.39. The molecule has 1 rings (SSSR count). The summed E-state index contributed by atoms with van der Waals surface area (Å²) in [6.07, 6.45) is -6.10. The molecule has 1 fully saturated rings. The molecule has 1 radical (unpaired) electrons. The Morgan fingerprint density at radius 1 is 1.25 bits per heavy atom. The van der Waals surface area contributed by atoms with Crippen LogP contribution in [0.3, 0.4) is 0 Å². The van der Waals surface area contributed by atoms with Crippen molar-refractivity contribution in [1.82, 2.24) is 0 Å². The van der Waals surface area contributed by atoms with E-state index in [1.165, 1.54) is 6.92 Å². The summed E-state index contributed by atoms with van der Waals surface area (Å²) in [6.45, 7) is 1.31. The highest BCUT2D eigenvalue weighted by atomic mass is 16.8. The summed E-state index contributed by atoms with van der Waals surface area (Å²) in [5, 5.41) is 46.6. The van der Waals surface area contributed by atoms with Crippen molar-refractivity contribution >= 4 is 0 Å². The molecule has 71 valence electrons. The van der Waals surface area contributed by atoms with Gasteiger partial charge in [-0.1, -0.05) is 0 Å². The first-order valence-corrected chi connectivity index (χ1v) is 3.51. The summed E-state index contributed by atoms with van der Waals surface area (Å²) < 4.78 is 4.31. The molecule has 0 aromatic heterocycles. The van der Waals surface area contributed by atoms with Gasteiger partial charge in [0.2, 0.25) is 0 Å². The normalized spacial score (nSPS) is 47.5. The zero-order valence-corrected chi connectivity index (χ0v) is 6.41. The van der Waals surface area contributed by atoms with Crippen molar-refractivity contribution < 1.29 is 30.3 Å². The van der Waals surface area contributed by atoms with Crippen molar-refractivity contribution in [2.75, 3.05) is 0 Å². The molecule has 0 amide bonds. The minimum Gasteiger partial charge on any atom is -0.388 e. The molecule has 6 heteroatoms. The highest BCUT2D eigenvalue weighted by molar-refractivity contribution is 4.89. The maximum Gasteiger partial charge on any atom is 0.339 e. The molecule has 1 aliphatic rings. The van der Waals surface area contributed by atoms with Crippen molar-refractivity contribution in [2.24, 2.45) is 0 Å². The third kappa shape index (κ3) is 1.45. The summed E-state index contributed by atoms with van der Waals surface area (Å²) >= 11 is 0. The number of hydrogen-bond donors (Lipinski definition) is 4. The maximum atomic E-state index is 10.8. The topological polar surface area (TPSA) is 110 Å². The molecule has 0 aromatic carbocycles. The highest BCUT2D eigenvalue weighted by Crippen LogP contribution is 2.25. The Labute approximate surface area is 68.6 Å². The van der Waals surface area contributed by atoms with Gasteiger partial charge in [-0.3, -0.25) is 0 Å². The highest BCUT2D eigenvalue weighted by Gasteiger charge is 2.52. The molecule has 12 heavy (non-hydrogen) atoms. The second kappa shape index (κ2) is 2.91. The Balaban J connectivity index is 2.78. The van der Waals surface area contributed by atoms with Crippen molar-refractivity contribution in [3.05, 3.63) is 0 Å². The Bertz CT molecular complexity index is 169. The van der Waals surface area contributed by atoms with E-state index in [9.17, 15) is 5.11 Å². The van der Waals surface area contributed by atoms with Crippen LogP contribution in [0.25, 0.3) is 0 Å². The summed E-state index contributed by atoms with van der Waals surface area (Å²) in [4.78, 5) is 0. The predicted molar refractivity (Wildman–Crippen MR) is 34.2 cm³/mol. The van der Waals surface area contributed by atoms with Gasteiger partial charge < -0.3 is 25.2 Å². The minimum atomic E-state index is -3.04. The number of rotatable bonds is 0. The van der Waals surface area contributed by atoms with Crippen LogP contribution in [0.1, 0.15) is 6.92 Å². The first kappa shape index (κ1) is 9.85. The van der Waals surface area contributed by atoms with E-state index < -0.39 is 30.4 Å². The number of aliphatic hydroxyl groups excluding tert-OH is 3. The third-order valence-electron chi connectivity index (χ3n) is 1.88. The van der Waals surface area contributed by atoms with Gasteiger partial charge in [-0.15, -0.1) is 0 Å². The number of aliphatic hydroxyl groups is 4. The average molecular weight is 179 g/mol. The van der Waals surface area contributed by atoms with E-state index in [2.05, 4.69) is 4.74 Å². The molecule has 0 spiro atoms. The molecule has 5 atom stereocenters. The smallest absolute Gasteiger partial charge is 0.339 e. The van der Waals surface area contributed by atoms with Crippen molar-refractivity contribution in [1.29, 1.82) is 0 Å². The Kier molecular flexibility index (Phi) is 2.39. The Morgan fingerprint density at radius 2 is 1.75 bits per heavy atom. The van der Waals surface area contributed by atoms with Crippen LogP contribution < -0.4 is 0 Å². The standard InChI is InChI=1S/C6H11O6/c1-2-3(7)4(8)5(9)6(10,11)12-2/h2-5,7-10H,1H3/t2-,3-,4+,5-,6+/m1/s1. The van der Waals surface area contributed by atoms with Gasteiger partial charge in [0.1, 0.15) is 12.2 Å². The summed E-state index contributed by atoms with van der Waals surface area (Å²) in [6, 6.07) is 0. The number of hydrogen-bond acceptors (Lipinski definition) is 5. The minimum absolute atomic E-state index is 1.01. The van der Waals surface area contributed by atoms with E-state index in [-0.39, 0.29) is 0 Å². The largest absolute Gasteiger partial charge is 0.388 e. The fourth-order valence-electron chi connectivity index (χ4n) is 1.09. The molecule has 1 saturated heterocycles. The van der Waals surface area contributed by atoms with E-state index in [0.717, 1.165) is 0 Å². The van der Waals surface area contributed by atoms with Crippen LogP contribution in [-0.4, -0.2) is 50.8 Å². The van der Waals surface area contributed by atoms with Crippen molar-refractivity contribution in [2.45, 2.75) is 37.3 Å². The first-order chi connectivity index (χ1) is 5.36. The number of ether oxygens (including phenoxy) is 1. The molecule has 4 N–H and O–H groups in total. The SMILES string of the molecule is C[C@H]1O[C@]([O])(O)[C@H](O)[C@@H](O)[C@@H]1O. The van der Waals surface area contributed by atoms with Gasteiger partial charge in [0.15, 0.2) is 6.10 Å². The molecular weight excluding hydrogens is 168 g/mol. The van der Waals surface area contributed by atoms with Gasteiger partial charge in [-0.05, 0) is 6.92 Å². The molecular formula is C6H11O6. The van der Waals surface area contributed by atoms with Crippen LogP contribution in [0.4, 0.5) is 0 Å². The average Bonchev–Trinajstić information content (AvgIpc) is 1.97. The van der Waals surface area contributed by atoms with Crippen LogP contribution in [0.15, 0.2) is 0 Å². The third-order valence-corrected chi connectivity index (χ3v) is 1.88. The van der Waals surface area contributed by atoms with Crippen molar-refractivity contribution in [3.8, 4) is 0 Å². The van der Waals surface area contributed by atoms with Gasteiger partial charge >= 0.3 is 5.97 Å². The molecule has 1 aliphatic heterocycles. The lowest BCUT2D eigenvalue weighted by Crippen LogP contribution is -2.63. The molecule has 0 saturated carbocycles. The Morgan fingerprint density at radius 3 is 2.25 bits per heavy atom. The van der Waals surface area contributed by atoms with E-state index in [0.29, 0.717) is 0 Å². The summed E-state index contributed by atoms with van der Waals surface area (Å²) in [7, 11) is 0. The Hall–Kier alpha value is -0.240. The van der Waals surface area contributed by atoms with Crippen molar-refractivity contribution in [3.63, 3.8) is 0 Å². The molecule has 1 heterocycles. The van der Waals surface area contributed by atoms with E-state index in [1.54, 1.807) is 0 Å². The predicted octanol–water partition coefficient (Wildman–Crippen LogP) is -2.44. The quantitative estimate of drug-likeness (QED) is 0.309. The van der Waals surface area contributed by atoms with Crippen LogP contribution in [0.5, 0.6) is 0 Å². The van der Waals surface area contributed by atoms with Gasteiger partial charge in [0, 0.05) is 0 Å². The fourth-order valence-corrected chi connectivity index (χ4v) is 1.09. The van der Waals surface area contributed by atoms with Gasteiger partial charge in [-0.2, -0.15) is 5.11 Å². The van der Waals surface area contributed by atoms with Gasteiger partial charge in [-0.25, -0.2) is 0 Å². The fraction of sp³-hybridized carbons (Fsp3) is 1.00. The molecule has 0 aromatic rings. The van der Waals surface area contributed by atoms with E-state index in [4.69, 9.17) is 20.4 Å². The van der Waals surface area contributed by atoms with Crippen LogP contribution in [-0.2, 0) is 9.84 Å². The van der Waals surface area contributed by atoms with Gasteiger partial charge in [0.05, 0.1) is 6.10 Å². The van der Waals surface area contributed by atoms with Crippen LogP contribution in [0, 0.1) is 0 Å². The molecule has 6 nitrogen and oxygen atoms in total. The monoisotopic (exact) mass is 179 g/mol. The molecule has 0 bridgehead atoms.